The molecule has 2 nitrogen and oxygen atoms in total. The van der Waals surface area contributed by atoms with Crippen molar-refractivity contribution >= 4 is 17.3 Å². The van der Waals surface area contributed by atoms with Crippen molar-refractivity contribution in [2.45, 2.75) is 33.7 Å². The lowest BCUT2D eigenvalue weighted by Gasteiger charge is -2.19. The first-order chi connectivity index (χ1) is 8.97. The van der Waals surface area contributed by atoms with Crippen LogP contribution >= 0.6 is 11.6 Å². The number of aryl methyl sites for hydroxylation is 3. The van der Waals surface area contributed by atoms with Crippen LogP contribution in [0.25, 0.3) is 0 Å². The smallest absolute Gasteiger partial charge is 0.131 e. The minimum atomic E-state index is 0.234. The Balaban J connectivity index is 2.25. The van der Waals surface area contributed by atoms with Crippen LogP contribution in [0.15, 0.2) is 30.5 Å². The van der Waals surface area contributed by atoms with E-state index >= 15 is 0 Å². The van der Waals surface area contributed by atoms with Gasteiger partial charge in [-0.3, -0.25) is 0 Å². The van der Waals surface area contributed by atoms with Crippen LogP contribution in [0.4, 0.5) is 5.69 Å². The molecular weight excluding hydrogens is 256 g/mol. The van der Waals surface area contributed by atoms with E-state index in [0.717, 1.165) is 5.69 Å². The Labute approximate surface area is 119 Å². The van der Waals surface area contributed by atoms with E-state index in [0.29, 0.717) is 5.15 Å². The number of hydrogen-bond acceptors (Lipinski definition) is 2. The third kappa shape index (κ3) is 3.27. The maximum atomic E-state index is 5.90. The summed E-state index contributed by atoms with van der Waals surface area (Å²) in [6.45, 7) is 8.60. The van der Waals surface area contributed by atoms with Crippen LogP contribution < -0.4 is 5.32 Å². The van der Waals surface area contributed by atoms with Gasteiger partial charge in [0, 0.05) is 17.9 Å². The van der Waals surface area contributed by atoms with Gasteiger partial charge in [-0.1, -0.05) is 23.7 Å². The van der Waals surface area contributed by atoms with Crippen molar-refractivity contribution in [1.29, 1.82) is 0 Å². The largest absolute Gasteiger partial charge is 0.378 e. The SMILES string of the molecule is Cc1cc(C)c(C(C)Nc2ccnc(Cl)c2)cc1C. The molecule has 0 fully saturated rings. The summed E-state index contributed by atoms with van der Waals surface area (Å²) < 4.78 is 0. The zero-order valence-electron chi connectivity index (χ0n) is 11.8. The monoisotopic (exact) mass is 274 g/mol. The van der Waals surface area contributed by atoms with Crippen LogP contribution in [-0.4, -0.2) is 4.98 Å². The average molecular weight is 275 g/mol. The highest BCUT2D eigenvalue weighted by Gasteiger charge is 2.10. The van der Waals surface area contributed by atoms with E-state index in [1.165, 1.54) is 22.3 Å². The lowest BCUT2D eigenvalue weighted by molar-refractivity contribution is 0.870. The van der Waals surface area contributed by atoms with Gasteiger partial charge in [-0.15, -0.1) is 0 Å². The molecular formula is C16H19ClN2. The first kappa shape index (κ1) is 13.9. The van der Waals surface area contributed by atoms with Crippen molar-refractivity contribution in [3.05, 3.63) is 57.9 Å². The lowest BCUT2D eigenvalue weighted by Crippen LogP contribution is -2.09. The molecule has 0 saturated heterocycles. The third-order valence-corrected chi connectivity index (χ3v) is 3.67. The van der Waals surface area contributed by atoms with Crippen LogP contribution in [0.2, 0.25) is 5.15 Å². The maximum Gasteiger partial charge on any atom is 0.131 e. The summed E-state index contributed by atoms with van der Waals surface area (Å²) in [6.07, 6.45) is 1.71. The summed E-state index contributed by atoms with van der Waals surface area (Å²) in [5.41, 5.74) is 6.27. The zero-order chi connectivity index (χ0) is 14.0. The Morgan fingerprint density at radius 2 is 1.74 bits per heavy atom. The van der Waals surface area contributed by atoms with Crippen molar-refractivity contribution in [2.24, 2.45) is 0 Å². The number of anilines is 1. The fourth-order valence-electron chi connectivity index (χ4n) is 2.27. The molecule has 1 unspecified atom stereocenters. The van der Waals surface area contributed by atoms with Gasteiger partial charge in [0.1, 0.15) is 5.15 Å². The van der Waals surface area contributed by atoms with Crippen LogP contribution in [0.5, 0.6) is 0 Å². The van der Waals surface area contributed by atoms with Gasteiger partial charge >= 0.3 is 0 Å². The van der Waals surface area contributed by atoms with Crippen LogP contribution in [0, 0.1) is 20.8 Å². The van der Waals surface area contributed by atoms with E-state index in [2.05, 4.69) is 50.1 Å². The highest BCUT2D eigenvalue weighted by Crippen LogP contribution is 2.25. The van der Waals surface area contributed by atoms with E-state index in [4.69, 9.17) is 11.6 Å². The summed E-state index contributed by atoms with van der Waals surface area (Å²) in [6, 6.07) is 8.50. The average Bonchev–Trinajstić information content (AvgIpc) is 2.33. The molecule has 0 radical (unpaired) electrons. The molecule has 0 saturated carbocycles. The van der Waals surface area contributed by atoms with Gasteiger partial charge in [0.05, 0.1) is 0 Å². The lowest BCUT2D eigenvalue weighted by atomic mass is 9.96. The Bertz CT molecular complexity index is 593. The normalized spacial score (nSPS) is 12.3. The van der Waals surface area contributed by atoms with E-state index < -0.39 is 0 Å². The van der Waals surface area contributed by atoms with E-state index in [1.807, 2.05) is 12.1 Å². The fourth-order valence-corrected chi connectivity index (χ4v) is 2.44. The predicted molar refractivity (Wildman–Crippen MR) is 81.9 cm³/mol. The molecule has 1 N–H and O–H groups in total. The number of halogens is 1. The minimum absolute atomic E-state index is 0.234. The van der Waals surface area contributed by atoms with Gasteiger partial charge in [-0.2, -0.15) is 0 Å². The molecule has 100 valence electrons. The molecule has 1 heterocycles. The number of pyridine rings is 1. The molecule has 3 heteroatoms. The van der Waals surface area contributed by atoms with Gasteiger partial charge in [0.25, 0.3) is 0 Å². The quantitative estimate of drug-likeness (QED) is 0.811. The highest BCUT2D eigenvalue weighted by atomic mass is 35.5. The van der Waals surface area contributed by atoms with Crippen molar-refractivity contribution in [3.8, 4) is 0 Å². The highest BCUT2D eigenvalue weighted by molar-refractivity contribution is 6.29. The maximum absolute atomic E-state index is 5.90. The first-order valence-corrected chi connectivity index (χ1v) is 6.81. The molecule has 2 aromatic rings. The number of hydrogen-bond donors (Lipinski definition) is 1. The fraction of sp³-hybridized carbons (Fsp3) is 0.312. The van der Waals surface area contributed by atoms with E-state index in [9.17, 15) is 0 Å². The van der Waals surface area contributed by atoms with Crippen molar-refractivity contribution in [1.82, 2.24) is 4.98 Å². The first-order valence-electron chi connectivity index (χ1n) is 6.43. The Hall–Kier alpha value is -1.54. The van der Waals surface area contributed by atoms with Crippen molar-refractivity contribution in [3.63, 3.8) is 0 Å². The van der Waals surface area contributed by atoms with E-state index in [-0.39, 0.29) is 6.04 Å². The summed E-state index contributed by atoms with van der Waals surface area (Å²) in [5, 5.41) is 3.97. The van der Waals surface area contributed by atoms with Crippen LogP contribution in [0.3, 0.4) is 0 Å². The Kier molecular flexibility index (Phi) is 4.11. The Morgan fingerprint density at radius 1 is 1.05 bits per heavy atom. The second kappa shape index (κ2) is 5.62. The number of rotatable bonds is 3. The zero-order valence-corrected chi connectivity index (χ0v) is 12.5. The molecule has 1 atom stereocenters. The molecule has 1 aromatic carbocycles. The summed E-state index contributed by atoms with van der Waals surface area (Å²) >= 11 is 5.90. The Morgan fingerprint density at radius 3 is 2.42 bits per heavy atom. The van der Waals surface area contributed by atoms with Gasteiger partial charge in [-0.25, -0.2) is 4.98 Å². The molecule has 0 spiro atoms. The minimum Gasteiger partial charge on any atom is -0.378 e. The summed E-state index contributed by atoms with van der Waals surface area (Å²) in [5.74, 6) is 0. The summed E-state index contributed by atoms with van der Waals surface area (Å²) in [7, 11) is 0. The molecule has 1 aromatic heterocycles. The van der Waals surface area contributed by atoms with Crippen molar-refractivity contribution in [2.75, 3.05) is 5.32 Å². The topological polar surface area (TPSA) is 24.9 Å². The molecule has 2 rings (SSSR count). The van der Waals surface area contributed by atoms with E-state index in [1.54, 1.807) is 6.20 Å². The second-order valence-corrected chi connectivity index (χ2v) is 5.41. The van der Waals surface area contributed by atoms with Crippen molar-refractivity contribution < 1.29 is 0 Å². The molecule has 0 bridgehead atoms. The second-order valence-electron chi connectivity index (χ2n) is 5.03. The van der Waals surface area contributed by atoms with Crippen LogP contribution in [0.1, 0.15) is 35.2 Å². The number of nitrogens with zero attached hydrogens (tertiary/aromatic N) is 1. The predicted octanol–water partition coefficient (Wildman–Crippen LogP) is 4.83. The third-order valence-electron chi connectivity index (χ3n) is 3.46. The van der Waals surface area contributed by atoms with Gasteiger partial charge in [-0.05, 0) is 62.1 Å². The van der Waals surface area contributed by atoms with Crippen LogP contribution in [-0.2, 0) is 0 Å². The molecule has 19 heavy (non-hydrogen) atoms. The van der Waals surface area contributed by atoms with Gasteiger partial charge in [0.2, 0.25) is 0 Å². The summed E-state index contributed by atoms with van der Waals surface area (Å²) in [4.78, 5) is 3.99. The number of nitrogens with one attached hydrogen (secondary N) is 1. The molecule has 0 aliphatic carbocycles. The molecule has 0 amide bonds. The molecule has 0 aliphatic rings. The number of aromatic nitrogens is 1. The molecule has 0 aliphatic heterocycles. The standard InChI is InChI=1S/C16H19ClN2/c1-10-7-12(3)15(8-11(10)2)13(4)19-14-5-6-18-16(17)9-14/h5-9,13H,1-4H3,(H,18,19). The van der Waals surface area contributed by atoms with Gasteiger partial charge < -0.3 is 5.32 Å². The van der Waals surface area contributed by atoms with Gasteiger partial charge in [0.15, 0.2) is 0 Å². The number of benzene rings is 1.